The maximum absolute atomic E-state index is 6.57. The Morgan fingerprint density at radius 3 is 2.00 bits per heavy atom. The van der Waals surface area contributed by atoms with Gasteiger partial charge in [0, 0.05) is 13.1 Å². The highest BCUT2D eigenvalue weighted by atomic mass is 35.5. The van der Waals surface area contributed by atoms with Gasteiger partial charge >= 0.3 is 12.0 Å². The van der Waals surface area contributed by atoms with Gasteiger partial charge in [0.1, 0.15) is 17.5 Å². The van der Waals surface area contributed by atoms with Crippen LogP contribution in [0.3, 0.4) is 0 Å². The Morgan fingerprint density at radius 2 is 1.48 bits per heavy atom. The minimum absolute atomic E-state index is 0.140. The first-order chi connectivity index (χ1) is 15.1. The molecule has 1 saturated heterocycles. The Balaban J connectivity index is 1.70. The van der Waals surface area contributed by atoms with Crippen LogP contribution >= 0.6 is 11.6 Å². The van der Waals surface area contributed by atoms with Gasteiger partial charge < -0.3 is 14.2 Å². The lowest BCUT2D eigenvalue weighted by molar-refractivity contribution is -0.0396. The van der Waals surface area contributed by atoms with Crippen LogP contribution in [0.1, 0.15) is 25.7 Å². The topological polar surface area (TPSA) is 69.6 Å². The van der Waals surface area contributed by atoms with E-state index < -0.39 is 5.56 Å². The van der Waals surface area contributed by atoms with Gasteiger partial charge in [-0.1, -0.05) is 61.8 Å². The molecular formula is C23H25ClN4O3. The van der Waals surface area contributed by atoms with Crippen molar-refractivity contribution in [2.75, 3.05) is 19.7 Å². The molecule has 1 aliphatic heterocycles. The van der Waals surface area contributed by atoms with E-state index in [1.807, 2.05) is 60.7 Å². The van der Waals surface area contributed by atoms with Crippen LogP contribution in [-0.4, -0.2) is 45.1 Å². The second kappa shape index (κ2) is 10.0. The Bertz CT molecular complexity index is 915. The largest absolute Gasteiger partial charge is 0.424 e. The van der Waals surface area contributed by atoms with Crippen LogP contribution in [0.5, 0.6) is 23.5 Å². The zero-order valence-corrected chi connectivity index (χ0v) is 18.3. The third-order valence-electron chi connectivity index (χ3n) is 4.68. The molecule has 162 valence electrons. The summed E-state index contributed by atoms with van der Waals surface area (Å²) in [6, 6.07) is 18.6. The quantitative estimate of drug-likeness (QED) is 0.476. The number of hydrogen-bond acceptors (Lipinski definition) is 7. The molecule has 0 bridgehead atoms. The first kappa shape index (κ1) is 21.5. The summed E-state index contributed by atoms with van der Waals surface area (Å²) in [5, 5.41) is 0. The Hall–Kier alpha value is -2.74. The van der Waals surface area contributed by atoms with Gasteiger partial charge in [-0.25, -0.2) is 0 Å². The molecule has 0 aliphatic carbocycles. The normalized spacial score (nSPS) is 19.4. The van der Waals surface area contributed by atoms with E-state index in [1.54, 1.807) is 0 Å². The molecule has 2 unspecified atom stereocenters. The zero-order valence-electron chi connectivity index (χ0n) is 17.5. The molecule has 2 heterocycles. The Morgan fingerprint density at radius 1 is 0.935 bits per heavy atom. The minimum Gasteiger partial charge on any atom is -0.424 e. The van der Waals surface area contributed by atoms with Gasteiger partial charge in [0.2, 0.25) is 0 Å². The number of morpholine rings is 1. The summed E-state index contributed by atoms with van der Waals surface area (Å²) in [4.78, 5) is 15.7. The summed E-state index contributed by atoms with van der Waals surface area (Å²) in [6.45, 7) is 6.46. The van der Waals surface area contributed by atoms with E-state index in [1.165, 1.54) is 0 Å². The van der Waals surface area contributed by atoms with Crippen molar-refractivity contribution in [3.63, 3.8) is 0 Å². The van der Waals surface area contributed by atoms with E-state index in [9.17, 15) is 0 Å². The first-order valence-corrected chi connectivity index (χ1v) is 10.7. The van der Waals surface area contributed by atoms with Crippen LogP contribution in [0.15, 0.2) is 60.7 Å². The summed E-state index contributed by atoms with van der Waals surface area (Å²) in [5.41, 5.74) is -0.593. The first-order valence-electron chi connectivity index (χ1n) is 10.3. The van der Waals surface area contributed by atoms with Gasteiger partial charge in [0.25, 0.3) is 0 Å². The lowest BCUT2D eigenvalue weighted by Gasteiger charge is -2.38. The Kier molecular flexibility index (Phi) is 6.96. The van der Waals surface area contributed by atoms with Crippen LogP contribution in [0.25, 0.3) is 0 Å². The predicted octanol–water partition coefficient (Wildman–Crippen LogP) is 5.05. The number of benzene rings is 2. The van der Waals surface area contributed by atoms with Gasteiger partial charge in [-0.2, -0.15) is 9.97 Å². The van der Waals surface area contributed by atoms with E-state index in [2.05, 4.69) is 33.7 Å². The molecule has 1 fully saturated rings. The molecule has 0 spiro atoms. The van der Waals surface area contributed by atoms with Crippen LogP contribution < -0.4 is 9.47 Å². The highest BCUT2D eigenvalue weighted by Crippen LogP contribution is 2.33. The molecule has 2 atom stereocenters. The van der Waals surface area contributed by atoms with E-state index in [4.69, 9.17) is 25.8 Å². The summed E-state index contributed by atoms with van der Waals surface area (Å²) >= 11 is 6.57. The molecule has 0 saturated carbocycles. The average Bonchev–Trinajstić information content (AvgIpc) is 2.75. The van der Waals surface area contributed by atoms with Gasteiger partial charge in [-0.05, 0) is 30.2 Å². The molecule has 2 aromatic carbocycles. The standard InChI is InChI=1S/C23H25ClN4O3/c1-16(2)15-28-13-14-29-20(24)19(28)21-25-22(30-17-9-5-3-6-10-17)27-23(26-21)31-18-11-7-4-8-12-18/h3-12,16,19-20H,13-15H2,1-2H3. The maximum atomic E-state index is 6.57. The van der Waals surface area contributed by atoms with Crippen molar-refractivity contribution in [2.24, 2.45) is 5.92 Å². The van der Waals surface area contributed by atoms with Crippen LogP contribution in [0.4, 0.5) is 0 Å². The number of aromatic nitrogens is 3. The summed E-state index contributed by atoms with van der Waals surface area (Å²) in [7, 11) is 0. The third-order valence-corrected chi connectivity index (χ3v) is 5.04. The van der Waals surface area contributed by atoms with Crippen molar-refractivity contribution in [1.29, 1.82) is 0 Å². The van der Waals surface area contributed by atoms with E-state index >= 15 is 0 Å². The van der Waals surface area contributed by atoms with Crippen molar-refractivity contribution in [2.45, 2.75) is 25.5 Å². The molecule has 31 heavy (non-hydrogen) atoms. The smallest absolute Gasteiger partial charge is 0.328 e. The molecule has 3 aromatic rings. The number of halogens is 1. The molecule has 8 heteroatoms. The molecule has 7 nitrogen and oxygen atoms in total. The zero-order chi connectivity index (χ0) is 21.6. The minimum atomic E-state index is -0.593. The van der Waals surface area contributed by atoms with Crippen LogP contribution in [0, 0.1) is 5.92 Å². The molecule has 0 N–H and O–H groups in total. The molecule has 0 radical (unpaired) electrons. The van der Waals surface area contributed by atoms with Gasteiger partial charge in [0.15, 0.2) is 11.4 Å². The monoisotopic (exact) mass is 440 g/mol. The number of ether oxygens (including phenoxy) is 3. The lowest BCUT2D eigenvalue weighted by Crippen LogP contribution is -2.45. The number of alkyl halides is 1. The van der Waals surface area contributed by atoms with Crippen molar-refractivity contribution in [1.82, 2.24) is 19.9 Å². The summed E-state index contributed by atoms with van der Waals surface area (Å²) < 4.78 is 17.5. The lowest BCUT2D eigenvalue weighted by atomic mass is 10.1. The highest BCUT2D eigenvalue weighted by molar-refractivity contribution is 6.20. The van der Waals surface area contributed by atoms with Crippen LogP contribution in [0.2, 0.25) is 0 Å². The van der Waals surface area contributed by atoms with Crippen molar-refractivity contribution < 1.29 is 14.2 Å². The maximum Gasteiger partial charge on any atom is 0.328 e. The average molecular weight is 441 g/mol. The second-order valence-electron chi connectivity index (χ2n) is 7.64. The molecule has 1 aromatic heterocycles. The van der Waals surface area contributed by atoms with Crippen LogP contribution in [-0.2, 0) is 4.74 Å². The molecule has 0 amide bonds. The fourth-order valence-corrected chi connectivity index (χ4v) is 3.76. The SMILES string of the molecule is CC(C)CN1CCOC(Cl)C1c1nc(Oc2ccccc2)nc(Oc2ccccc2)n1. The van der Waals surface area contributed by atoms with E-state index in [0.717, 1.165) is 13.1 Å². The number of nitrogens with zero attached hydrogens (tertiary/aromatic N) is 4. The predicted molar refractivity (Wildman–Crippen MR) is 118 cm³/mol. The molecule has 1 aliphatic rings. The van der Waals surface area contributed by atoms with Gasteiger partial charge in [0.05, 0.1) is 6.61 Å². The Labute approximate surface area is 187 Å². The van der Waals surface area contributed by atoms with E-state index in [-0.39, 0.29) is 18.1 Å². The van der Waals surface area contributed by atoms with E-state index in [0.29, 0.717) is 29.8 Å². The summed E-state index contributed by atoms with van der Waals surface area (Å²) in [5.74, 6) is 2.14. The fourth-order valence-electron chi connectivity index (χ4n) is 3.40. The molecule has 4 rings (SSSR count). The van der Waals surface area contributed by atoms with Crippen molar-refractivity contribution >= 4 is 11.6 Å². The van der Waals surface area contributed by atoms with Crippen molar-refractivity contribution in [3.05, 3.63) is 66.5 Å². The number of rotatable bonds is 7. The molecular weight excluding hydrogens is 416 g/mol. The fraction of sp³-hybridized carbons (Fsp3) is 0.348. The van der Waals surface area contributed by atoms with Crippen molar-refractivity contribution in [3.8, 4) is 23.5 Å². The third kappa shape index (κ3) is 5.70. The number of hydrogen-bond donors (Lipinski definition) is 0. The number of para-hydroxylation sites is 2. The highest BCUT2D eigenvalue weighted by Gasteiger charge is 2.36. The summed E-state index contributed by atoms with van der Waals surface area (Å²) in [6.07, 6.45) is 0. The van der Waals surface area contributed by atoms with Gasteiger partial charge in [-0.15, -0.1) is 4.98 Å². The van der Waals surface area contributed by atoms with Gasteiger partial charge in [-0.3, -0.25) is 4.90 Å². The second-order valence-corrected chi connectivity index (χ2v) is 8.07.